The topological polar surface area (TPSA) is 24.4 Å². The van der Waals surface area contributed by atoms with Crippen molar-refractivity contribution in [2.75, 3.05) is 13.6 Å². The Morgan fingerprint density at radius 1 is 1.15 bits per heavy atom. The Morgan fingerprint density at radius 3 is 2.23 bits per heavy atom. The molecule has 1 saturated carbocycles. The van der Waals surface area contributed by atoms with Crippen molar-refractivity contribution in [2.24, 2.45) is 33.6 Å². The summed E-state index contributed by atoms with van der Waals surface area (Å²) in [6.07, 6.45) is 11.6. The Hall–Kier alpha value is -0.370. The first-order valence-electron chi connectivity index (χ1n) is 11.2. The van der Waals surface area contributed by atoms with Crippen LogP contribution in [0.3, 0.4) is 0 Å². The molecule has 154 valence electrons. The van der Waals surface area contributed by atoms with E-state index in [1.165, 1.54) is 44.9 Å². The molecule has 0 radical (unpaired) electrons. The molecule has 0 spiro atoms. The fourth-order valence-electron chi connectivity index (χ4n) is 4.92. The molecule has 0 bridgehead atoms. The van der Waals surface area contributed by atoms with Crippen molar-refractivity contribution >= 4 is 6.21 Å². The lowest BCUT2D eigenvalue weighted by Gasteiger charge is -2.42. The normalized spacial score (nSPS) is 23.3. The van der Waals surface area contributed by atoms with Crippen LogP contribution in [-0.2, 0) is 0 Å². The van der Waals surface area contributed by atoms with Gasteiger partial charge in [0.05, 0.1) is 6.54 Å². The van der Waals surface area contributed by atoms with Crippen molar-refractivity contribution in [3.63, 3.8) is 0 Å². The summed E-state index contributed by atoms with van der Waals surface area (Å²) in [6, 6.07) is 0. The Labute approximate surface area is 165 Å². The van der Waals surface area contributed by atoms with Crippen LogP contribution in [0.15, 0.2) is 4.99 Å². The van der Waals surface area contributed by atoms with Gasteiger partial charge in [-0.3, -0.25) is 4.99 Å². The van der Waals surface area contributed by atoms with Gasteiger partial charge in [-0.2, -0.15) is 0 Å². The van der Waals surface area contributed by atoms with E-state index in [2.05, 4.69) is 74.0 Å². The van der Waals surface area contributed by atoms with Gasteiger partial charge >= 0.3 is 0 Å². The van der Waals surface area contributed by atoms with Gasteiger partial charge in [0.2, 0.25) is 0 Å². The molecule has 1 rings (SSSR count). The van der Waals surface area contributed by atoms with Crippen LogP contribution in [0.2, 0.25) is 0 Å². The highest BCUT2D eigenvalue weighted by molar-refractivity contribution is 5.61. The van der Waals surface area contributed by atoms with Crippen molar-refractivity contribution in [3.8, 4) is 0 Å². The van der Waals surface area contributed by atoms with Gasteiger partial charge in [0.15, 0.2) is 0 Å². The van der Waals surface area contributed by atoms with E-state index >= 15 is 0 Å². The second-order valence-electron chi connectivity index (χ2n) is 10.8. The number of hydrogen-bond donors (Lipinski definition) is 1. The quantitative estimate of drug-likeness (QED) is 0.381. The van der Waals surface area contributed by atoms with Crippen molar-refractivity contribution < 1.29 is 0 Å². The number of nitrogens with one attached hydrogen (secondary N) is 1. The molecule has 0 aliphatic heterocycles. The average molecular weight is 365 g/mol. The van der Waals surface area contributed by atoms with Crippen LogP contribution in [0, 0.1) is 28.6 Å². The molecule has 1 fully saturated rings. The summed E-state index contributed by atoms with van der Waals surface area (Å²) in [4.78, 5) is 4.91. The molecule has 1 aliphatic carbocycles. The minimum absolute atomic E-state index is 0.0832. The highest BCUT2D eigenvalue weighted by Crippen LogP contribution is 2.45. The van der Waals surface area contributed by atoms with E-state index in [1.807, 2.05) is 0 Å². The highest BCUT2D eigenvalue weighted by atomic mass is 15.0. The first kappa shape index (κ1) is 23.7. The second-order valence-corrected chi connectivity index (χ2v) is 10.8. The summed E-state index contributed by atoms with van der Waals surface area (Å²) >= 11 is 0. The average Bonchev–Trinajstić information content (AvgIpc) is 2.51. The maximum Gasteiger partial charge on any atom is 0.0567 e. The monoisotopic (exact) mass is 364 g/mol. The van der Waals surface area contributed by atoms with Gasteiger partial charge in [-0.25, -0.2) is 0 Å². The molecule has 1 aliphatic rings. The van der Waals surface area contributed by atoms with E-state index in [0.29, 0.717) is 22.7 Å². The van der Waals surface area contributed by atoms with Crippen LogP contribution in [0.5, 0.6) is 0 Å². The number of hydrogen-bond acceptors (Lipinski definition) is 2. The predicted octanol–water partition coefficient (Wildman–Crippen LogP) is 6.74. The smallest absolute Gasteiger partial charge is 0.0567 e. The molecular weight excluding hydrogens is 316 g/mol. The third-order valence-corrected chi connectivity index (χ3v) is 7.59. The third kappa shape index (κ3) is 6.66. The van der Waals surface area contributed by atoms with Crippen LogP contribution < -0.4 is 5.32 Å². The van der Waals surface area contributed by atoms with E-state index in [-0.39, 0.29) is 5.54 Å². The molecule has 1 N–H and O–H groups in total. The van der Waals surface area contributed by atoms with Crippen molar-refractivity contribution in [1.82, 2.24) is 5.32 Å². The molecule has 2 heteroatoms. The lowest BCUT2D eigenvalue weighted by atomic mass is 9.63. The lowest BCUT2D eigenvalue weighted by Crippen LogP contribution is -2.49. The van der Waals surface area contributed by atoms with Gasteiger partial charge in [-0.1, -0.05) is 61.3 Å². The summed E-state index contributed by atoms with van der Waals surface area (Å²) in [5.41, 5.74) is 1.06. The number of nitrogens with zero attached hydrogens (tertiary/aromatic N) is 1. The van der Waals surface area contributed by atoms with Crippen LogP contribution in [0.1, 0.15) is 100 Å². The predicted molar refractivity (Wildman–Crippen MR) is 118 cm³/mol. The van der Waals surface area contributed by atoms with Crippen molar-refractivity contribution in [3.05, 3.63) is 0 Å². The van der Waals surface area contributed by atoms with Gasteiger partial charge in [-0.15, -0.1) is 0 Å². The SMILES string of the molecule is CCCC(C)(C)CC(C)CC(C)C(C)(CN=CC(C)C1(C)CCC1)NC. The van der Waals surface area contributed by atoms with Crippen molar-refractivity contribution in [1.29, 1.82) is 0 Å². The van der Waals surface area contributed by atoms with Gasteiger partial charge < -0.3 is 5.32 Å². The molecule has 0 aromatic rings. The van der Waals surface area contributed by atoms with Gasteiger partial charge in [0.25, 0.3) is 0 Å². The lowest BCUT2D eigenvalue weighted by molar-refractivity contribution is 0.122. The Balaban J connectivity index is 2.57. The Kier molecular flexibility index (Phi) is 8.84. The maximum absolute atomic E-state index is 4.91. The summed E-state index contributed by atoms with van der Waals surface area (Å²) in [5.74, 6) is 1.98. The van der Waals surface area contributed by atoms with Crippen molar-refractivity contribution in [2.45, 2.75) is 106 Å². The molecule has 0 saturated heterocycles. The number of likely N-dealkylation sites (N-methyl/N-ethyl adjacent to an activating group) is 1. The van der Waals surface area contributed by atoms with Gasteiger partial charge in [0.1, 0.15) is 0 Å². The Bertz CT molecular complexity index is 435. The fraction of sp³-hybridized carbons (Fsp3) is 0.958. The molecule has 4 unspecified atom stereocenters. The molecule has 0 heterocycles. The standard InChI is InChI=1S/C24H48N2/c1-10-12-22(5,6)16-19(2)15-20(3)24(8,25-9)18-26-17-21(4)23(7)13-11-14-23/h17,19-21,25H,10-16,18H2,1-9H3. The highest BCUT2D eigenvalue weighted by Gasteiger charge is 2.36. The van der Waals surface area contributed by atoms with E-state index in [1.54, 1.807) is 0 Å². The molecule has 0 aromatic carbocycles. The van der Waals surface area contributed by atoms with Crippen LogP contribution in [-0.4, -0.2) is 25.3 Å². The zero-order valence-corrected chi connectivity index (χ0v) is 19.4. The second kappa shape index (κ2) is 9.71. The van der Waals surface area contributed by atoms with E-state index in [4.69, 9.17) is 4.99 Å². The van der Waals surface area contributed by atoms with E-state index in [0.717, 1.165) is 12.5 Å². The maximum atomic E-state index is 4.91. The summed E-state index contributed by atoms with van der Waals surface area (Å²) < 4.78 is 0. The minimum Gasteiger partial charge on any atom is -0.313 e. The minimum atomic E-state index is 0.0832. The van der Waals surface area contributed by atoms with Crippen LogP contribution in [0.25, 0.3) is 0 Å². The summed E-state index contributed by atoms with van der Waals surface area (Å²) in [6.45, 7) is 20.0. The molecule has 2 nitrogen and oxygen atoms in total. The van der Waals surface area contributed by atoms with E-state index < -0.39 is 0 Å². The molecule has 26 heavy (non-hydrogen) atoms. The summed E-state index contributed by atoms with van der Waals surface area (Å²) in [7, 11) is 2.11. The zero-order chi connectivity index (χ0) is 20.0. The Morgan fingerprint density at radius 2 is 1.77 bits per heavy atom. The largest absolute Gasteiger partial charge is 0.313 e. The fourth-order valence-corrected chi connectivity index (χ4v) is 4.92. The molecule has 0 aromatic heterocycles. The first-order valence-corrected chi connectivity index (χ1v) is 11.2. The molecular formula is C24H48N2. The van der Waals surface area contributed by atoms with Gasteiger partial charge in [-0.05, 0) is 74.7 Å². The number of aliphatic imine (C=N–C) groups is 1. The third-order valence-electron chi connectivity index (χ3n) is 7.59. The molecule has 0 amide bonds. The first-order chi connectivity index (χ1) is 12.0. The zero-order valence-electron chi connectivity index (χ0n) is 19.4. The van der Waals surface area contributed by atoms with Gasteiger partial charge in [0, 0.05) is 11.8 Å². The summed E-state index contributed by atoms with van der Waals surface area (Å²) in [5, 5.41) is 3.60. The molecule has 4 atom stereocenters. The van der Waals surface area contributed by atoms with Crippen LogP contribution in [0.4, 0.5) is 0 Å². The van der Waals surface area contributed by atoms with E-state index in [9.17, 15) is 0 Å². The number of rotatable bonds is 12. The van der Waals surface area contributed by atoms with Crippen LogP contribution >= 0.6 is 0 Å².